The third-order valence-corrected chi connectivity index (χ3v) is 2.28. The van der Waals surface area contributed by atoms with E-state index in [1.807, 2.05) is 0 Å². The second kappa shape index (κ2) is 3.32. The highest BCUT2D eigenvalue weighted by atomic mass is 19.4. The summed E-state index contributed by atoms with van der Waals surface area (Å²) in [6.45, 7) is -0.287. The number of aliphatic imine (C=N–C) groups is 1. The SMILES string of the molecule is CN1CN=CC2=C1NCN2CC(F)(F)F. The second-order valence-electron chi connectivity index (χ2n) is 3.53. The molecular weight excluding hydrogens is 209 g/mol. The number of alkyl halides is 3. The average Bonchev–Trinajstić information content (AvgIpc) is 2.48. The van der Waals surface area contributed by atoms with Gasteiger partial charge in [0.2, 0.25) is 0 Å². The lowest BCUT2D eigenvalue weighted by molar-refractivity contribution is -0.140. The van der Waals surface area contributed by atoms with Gasteiger partial charge in [-0.2, -0.15) is 13.2 Å². The Kier molecular flexibility index (Phi) is 2.24. The smallest absolute Gasteiger partial charge is 0.352 e. The minimum Gasteiger partial charge on any atom is -0.352 e. The molecule has 0 saturated heterocycles. The molecule has 84 valence electrons. The Morgan fingerprint density at radius 1 is 1.53 bits per heavy atom. The Morgan fingerprint density at radius 2 is 2.27 bits per heavy atom. The number of nitrogens with zero attached hydrogens (tertiary/aromatic N) is 3. The molecule has 2 aliphatic heterocycles. The zero-order valence-electron chi connectivity index (χ0n) is 8.17. The molecule has 0 radical (unpaired) electrons. The third kappa shape index (κ3) is 2.00. The van der Waals surface area contributed by atoms with Crippen LogP contribution in [0.5, 0.6) is 0 Å². The van der Waals surface area contributed by atoms with Crippen molar-refractivity contribution in [3.63, 3.8) is 0 Å². The Morgan fingerprint density at radius 3 is 2.93 bits per heavy atom. The molecule has 1 N–H and O–H groups in total. The van der Waals surface area contributed by atoms with Crippen LogP contribution in [0.2, 0.25) is 0 Å². The van der Waals surface area contributed by atoms with Crippen molar-refractivity contribution in [3.8, 4) is 0 Å². The van der Waals surface area contributed by atoms with Crippen molar-refractivity contribution >= 4 is 6.21 Å². The van der Waals surface area contributed by atoms with Crippen molar-refractivity contribution in [1.29, 1.82) is 0 Å². The lowest BCUT2D eigenvalue weighted by atomic mass is 10.3. The van der Waals surface area contributed by atoms with E-state index in [-0.39, 0.29) is 6.67 Å². The number of halogens is 3. The van der Waals surface area contributed by atoms with Crippen LogP contribution in [0.3, 0.4) is 0 Å². The fourth-order valence-corrected chi connectivity index (χ4v) is 1.65. The predicted molar refractivity (Wildman–Crippen MR) is 48.9 cm³/mol. The fourth-order valence-electron chi connectivity index (χ4n) is 1.65. The quantitative estimate of drug-likeness (QED) is 0.700. The number of hydrogen-bond acceptors (Lipinski definition) is 4. The summed E-state index contributed by atoms with van der Waals surface area (Å²) in [5.74, 6) is 0.717. The van der Waals surface area contributed by atoms with Crippen molar-refractivity contribution < 1.29 is 13.2 Å². The van der Waals surface area contributed by atoms with Crippen molar-refractivity contribution in [1.82, 2.24) is 15.1 Å². The number of nitrogens with one attached hydrogen (secondary N) is 1. The molecule has 0 aromatic heterocycles. The van der Waals surface area contributed by atoms with Gasteiger partial charge < -0.3 is 15.1 Å². The lowest BCUT2D eigenvalue weighted by Gasteiger charge is -2.24. The van der Waals surface area contributed by atoms with E-state index < -0.39 is 12.7 Å². The lowest BCUT2D eigenvalue weighted by Crippen LogP contribution is -2.34. The van der Waals surface area contributed by atoms with E-state index in [1.165, 1.54) is 11.1 Å². The van der Waals surface area contributed by atoms with E-state index in [0.29, 0.717) is 18.2 Å². The van der Waals surface area contributed by atoms with Gasteiger partial charge in [-0.1, -0.05) is 0 Å². The molecule has 4 nitrogen and oxygen atoms in total. The molecule has 15 heavy (non-hydrogen) atoms. The van der Waals surface area contributed by atoms with Crippen LogP contribution in [-0.4, -0.2) is 49.1 Å². The van der Waals surface area contributed by atoms with E-state index in [9.17, 15) is 13.2 Å². The van der Waals surface area contributed by atoms with Gasteiger partial charge in [-0.25, -0.2) is 0 Å². The van der Waals surface area contributed by atoms with Gasteiger partial charge in [0.05, 0.1) is 18.6 Å². The Balaban J connectivity index is 2.15. The standard InChI is InChI=1S/C8H11F3N4/c1-14-4-12-2-6-7(14)13-5-15(6)3-8(9,10)11/h2,13H,3-5H2,1H3. The van der Waals surface area contributed by atoms with Crippen LogP contribution in [0, 0.1) is 0 Å². The maximum atomic E-state index is 12.2. The minimum atomic E-state index is -4.19. The topological polar surface area (TPSA) is 30.9 Å². The summed E-state index contributed by atoms with van der Waals surface area (Å²) in [4.78, 5) is 6.99. The first kappa shape index (κ1) is 10.1. The number of hydrogen-bond donors (Lipinski definition) is 1. The Hall–Kier alpha value is -1.40. The van der Waals surface area contributed by atoms with Crippen molar-refractivity contribution in [3.05, 3.63) is 11.5 Å². The first-order valence-corrected chi connectivity index (χ1v) is 4.48. The molecule has 0 atom stereocenters. The van der Waals surface area contributed by atoms with Gasteiger partial charge in [0.15, 0.2) is 0 Å². The van der Waals surface area contributed by atoms with Crippen LogP contribution in [0.4, 0.5) is 13.2 Å². The van der Waals surface area contributed by atoms with Gasteiger partial charge in [-0.15, -0.1) is 0 Å². The molecule has 2 aliphatic rings. The first-order valence-electron chi connectivity index (χ1n) is 4.48. The molecule has 7 heteroatoms. The molecule has 0 amide bonds. The Bertz CT molecular complexity index is 320. The van der Waals surface area contributed by atoms with E-state index >= 15 is 0 Å². The predicted octanol–water partition coefficient (Wildman–Crippen LogP) is 0.554. The molecule has 0 bridgehead atoms. The van der Waals surface area contributed by atoms with Crippen LogP contribution in [-0.2, 0) is 0 Å². The fraction of sp³-hybridized carbons (Fsp3) is 0.625. The largest absolute Gasteiger partial charge is 0.405 e. The molecular formula is C8H11F3N4. The van der Waals surface area contributed by atoms with Crippen LogP contribution >= 0.6 is 0 Å². The summed E-state index contributed by atoms with van der Waals surface area (Å²) >= 11 is 0. The molecule has 0 aromatic carbocycles. The molecule has 0 unspecified atom stereocenters. The minimum absolute atomic E-state index is 0.181. The normalized spacial score (nSPS) is 20.8. The van der Waals surface area contributed by atoms with Gasteiger partial charge >= 0.3 is 6.18 Å². The monoisotopic (exact) mass is 220 g/mol. The first-order chi connectivity index (χ1) is 6.97. The molecule has 0 spiro atoms. The summed E-state index contributed by atoms with van der Waals surface area (Å²) in [6, 6.07) is 0. The zero-order chi connectivity index (χ0) is 11.1. The van der Waals surface area contributed by atoms with Crippen LogP contribution in [0.15, 0.2) is 16.5 Å². The molecule has 0 fully saturated rings. The van der Waals surface area contributed by atoms with Crippen LogP contribution in [0.25, 0.3) is 0 Å². The van der Waals surface area contributed by atoms with E-state index in [0.717, 1.165) is 0 Å². The van der Waals surface area contributed by atoms with Crippen molar-refractivity contribution in [2.45, 2.75) is 6.18 Å². The molecule has 0 aliphatic carbocycles. The maximum Gasteiger partial charge on any atom is 0.405 e. The van der Waals surface area contributed by atoms with Gasteiger partial charge in [0.1, 0.15) is 19.0 Å². The number of rotatable bonds is 1. The Labute approximate surface area is 85.1 Å². The highest BCUT2D eigenvalue weighted by Crippen LogP contribution is 2.24. The van der Waals surface area contributed by atoms with Crippen molar-refractivity contribution in [2.24, 2.45) is 4.99 Å². The van der Waals surface area contributed by atoms with Crippen LogP contribution < -0.4 is 5.32 Å². The summed E-state index contributed by atoms with van der Waals surface area (Å²) in [6.07, 6.45) is -2.70. The van der Waals surface area contributed by atoms with E-state index in [4.69, 9.17) is 0 Å². The van der Waals surface area contributed by atoms with Gasteiger partial charge in [0, 0.05) is 7.05 Å². The summed E-state index contributed by atoms with van der Waals surface area (Å²) in [7, 11) is 1.79. The van der Waals surface area contributed by atoms with Crippen LogP contribution in [0.1, 0.15) is 0 Å². The third-order valence-electron chi connectivity index (χ3n) is 2.28. The zero-order valence-corrected chi connectivity index (χ0v) is 8.17. The average molecular weight is 220 g/mol. The highest BCUT2D eigenvalue weighted by Gasteiger charge is 2.35. The highest BCUT2D eigenvalue weighted by molar-refractivity contribution is 5.80. The second-order valence-corrected chi connectivity index (χ2v) is 3.53. The molecule has 2 rings (SSSR count). The van der Waals surface area contributed by atoms with E-state index in [1.54, 1.807) is 11.9 Å². The number of allylic oxidation sites excluding steroid dienone is 1. The van der Waals surface area contributed by atoms with E-state index in [2.05, 4.69) is 10.3 Å². The summed E-state index contributed by atoms with van der Waals surface area (Å²) in [5.41, 5.74) is 0.515. The summed E-state index contributed by atoms with van der Waals surface area (Å²) in [5, 5.41) is 2.92. The molecule has 0 saturated carbocycles. The van der Waals surface area contributed by atoms with Gasteiger partial charge in [0.25, 0.3) is 0 Å². The van der Waals surface area contributed by atoms with Gasteiger partial charge in [-0.05, 0) is 0 Å². The maximum absolute atomic E-state index is 12.2. The van der Waals surface area contributed by atoms with Gasteiger partial charge in [-0.3, -0.25) is 4.99 Å². The summed E-state index contributed by atoms with van der Waals surface area (Å²) < 4.78 is 36.6. The molecule has 2 heterocycles. The van der Waals surface area contributed by atoms with Crippen molar-refractivity contribution in [2.75, 3.05) is 26.9 Å². The molecule has 0 aromatic rings.